The van der Waals surface area contributed by atoms with Gasteiger partial charge in [-0.3, -0.25) is 19.3 Å². The minimum Gasteiger partial charge on any atom is -0.508 e. The maximum atomic E-state index is 17.1. The Bertz CT molecular complexity index is 3540. The van der Waals surface area contributed by atoms with Crippen LogP contribution in [0, 0.1) is 18.7 Å². The van der Waals surface area contributed by atoms with E-state index in [1.165, 1.54) is 17.0 Å². The van der Waals surface area contributed by atoms with E-state index in [9.17, 15) is 24.6 Å². The molecule has 462 valence electrons. The number of ether oxygens (including phenoxy) is 5. The van der Waals surface area contributed by atoms with E-state index in [1.807, 2.05) is 93.6 Å². The lowest BCUT2D eigenvalue weighted by atomic mass is 9.91. The average molecular weight is 1230 g/mol. The highest BCUT2D eigenvalue weighted by atomic mass is 35.5. The van der Waals surface area contributed by atoms with E-state index in [4.69, 9.17) is 44.8 Å². The number of phenolic OH excluding ortho intramolecular Hbond substituents is 1. The van der Waals surface area contributed by atoms with Gasteiger partial charge in [0.2, 0.25) is 17.7 Å². The number of benzene rings is 4. The number of piperidine rings is 1. The fraction of sp³-hybridized carbons (Fsp3) is 0.453. The van der Waals surface area contributed by atoms with E-state index in [0.717, 1.165) is 53.0 Å². The fourth-order valence-corrected chi connectivity index (χ4v) is 12.8. The van der Waals surface area contributed by atoms with Gasteiger partial charge < -0.3 is 58.4 Å². The van der Waals surface area contributed by atoms with E-state index >= 15 is 4.39 Å². The number of aryl methyl sites for hydroxylation is 1. The summed E-state index contributed by atoms with van der Waals surface area (Å²) in [6.45, 7) is 19.1. The molecule has 0 aliphatic carbocycles. The van der Waals surface area contributed by atoms with Crippen molar-refractivity contribution in [1.82, 2.24) is 40.1 Å². The third-order valence-corrected chi connectivity index (χ3v) is 17.5. The fourth-order valence-electron chi connectivity index (χ4n) is 11.7. The topological polar surface area (TPSA) is 228 Å². The number of anilines is 1. The van der Waals surface area contributed by atoms with Gasteiger partial charge in [0.25, 0.3) is 5.88 Å². The van der Waals surface area contributed by atoms with E-state index in [-0.39, 0.29) is 102 Å². The van der Waals surface area contributed by atoms with Gasteiger partial charge in [-0.05, 0) is 96.4 Å². The largest absolute Gasteiger partial charge is 0.508 e. The zero-order valence-electron chi connectivity index (χ0n) is 49.7. The number of amides is 3. The minimum absolute atomic E-state index is 0.0130. The van der Waals surface area contributed by atoms with Gasteiger partial charge in [0.05, 0.1) is 72.4 Å². The first-order chi connectivity index (χ1) is 42.0. The highest BCUT2D eigenvalue weighted by Gasteiger charge is 2.44. The summed E-state index contributed by atoms with van der Waals surface area (Å²) in [4.78, 5) is 62.7. The van der Waals surface area contributed by atoms with E-state index < -0.39 is 23.9 Å². The van der Waals surface area contributed by atoms with Crippen molar-refractivity contribution in [1.29, 1.82) is 0 Å². The number of hydrogen-bond acceptors (Lipinski definition) is 18. The standard InChI is InChI=1S/C64H75ClFN9O11S/c1-7-55(78)73-20-22-74(23-21-73)61-50-33-51(65)57(49-31-45(76)30-44-10-8-9-11-48(44)49)58(66)59(50)69-64(70-61)85-39(4)35-72-18-16-47(17-19-72)83-28-26-81-24-25-82-27-29-84-54-34-53(86-71-54)56(38(2)3)63(80)75-36-46(77)32-52(75)62(79)68-40(5)42-12-14-43(15-13-42)60-41(6)67-37-87-60/h7-15,30-31,33-34,37-40,46-47,52,56,76-77H,1,16-29,32,35-36H2,2-6H3,(H,68,79)/t39-,40+,46-,52+,56?/m1/s1. The number of carbonyl (C=O) groups is 3. The molecule has 3 aliphatic rings. The summed E-state index contributed by atoms with van der Waals surface area (Å²) in [5.74, 6) is -1.57. The summed E-state index contributed by atoms with van der Waals surface area (Å²) in [6, 6.07) is 20.6. The highest BCUT2D eigenvalue weighted by Crippen LogP contribution is 2.43. The maximum Gasteiger partial charge on any atom is 0.319 e. The Kier molecular flexibility index (Phi) is 20.7. The van der Waals surface area contributed by atoms with Crippen molar-refractivity contribution in [2.24, 2.45) is 5.92 Å². The molecule has 6 heterocycles. The van der Waals surface area contributed by atoms with Crippen LogP contribution in [0.3, 0.4) is 0 Å². The van der Waals surface area contributed by atoms with Gasteiger partial charge >= 0.3 is 6.01 Å². The molecule has 1 unspecified atom stereocenters. The monoisotopic (exact) mass is 1230 g/mol. The number of aliphatic hydroxyl groups is 1. The number of β-amino-alcohol motifs (C(OH)–C–C–N with tert-alkyl or cyclic N) is 1. The number of fused-ring (bicyclic) bond motifs is 2. The molecule has 5 atom stereocenters. The lowest BCUT2D eigenvalue weighted by Crippen LogP contribution is -2.48. The molecule has 10 rings (SSSR count). The summed E-state index contributed by atoms with van der Waals surface area (Å²) >= 11 is 8.51. The zero-order chi connectivity index (χ0) is 61.3. The molecule has 3 aromatic heterocycles. The quantitative estimate of drug-likeness (QED) is 0.0358. The van der Waals surface area contributed by atoms with Crippen molar-refractivity contribution in [2.75, 3.05) is 96.9 Å². The molecule has 3 saturated heterocycles. The van der Waals surface area contributed by atoms with E-state index in [2.05, 4.69) is 31.9 Å². The molecule has 23 heteroatoms. The van der Waals surface area contributed by atoms with Crippen LogP contribution >= 0.6 is 22.9 Å². The molecule has 7 aromatic rings. The van der Waals surface area contributed by atoms with Crippen LogP contribution in [0.15, 0.2) is 95.5 Å². The van der Waals surface area contributed by atoms with Gasteiger partial charge in [-0.25, -0.2) is 9.37 Å². The van der Waals surface area contributed by atoms with E-state index in [0.29, 0.717) is 87.1 Å². The number of likely N-dealkylation sites (tertiary alicyclic amines) is 2. The van der Waals surface area contributed by atoms with Crippen molar-refractivity contribution in [2.45, 2.75) is 90.2 Å². The molecule has 87 heavy (non-hydrogen) atoms. The summed E-state index contributed by atoms with van der Waals surface area (Å²) in [6.07, 6.45) is 1.91. The Morgan fingerprint density at radius 3 is 2.34 bits per heavy atom. The van der Waals surface area contributed by atoms with Crippen molar-refractivity contribution < 1.29 is 57.2 Å². The van der Waals surface area contributed by atoms with Gasteiger partial charge in [-0.15, -0.1) is 11.3 Å². The molecule has 20 nitrogen and oxygen atoms in total. The molecular formula is C64H75ClFN9O11S. The predicted octanol–water partition coefficient (Wildman–Crippen LogP) is 9.14. The predicted molar refractivity (Wildman–Crippen MR) is 330 cm³/mol. The zero-order valence-corrected chi connectivity index (χ0v) is 51.2. The minimum atomic E-state index is -0.861. The number of hydrogen-bond donors (Lipinski definition) is 3. The first kappa shape index (κ1) is 62.7. The lowest BCUT2D eigenvalue weighted by Gasteiger charge is -2.35. The average Bonchev–Trinajstić information content (AvgIpc) is 1.89. The Hall–Kier alpha value is -7.31. The number of thiazole rings is 1. The van der Waals surface area contributed by atoms with Crippen molar-refractivity contribution in [3.05, 3.63) is 119 Å². The third kappa shape index (κ3) is 15.0. The number of aromatic nitrogens is 4. The van der Waals surface area contributed by atoms with Crippen LogP contribution in [-0.2, 0) is 28.6 Å². The number of carbonyl (C=O) groups excluding carboxylic acids is 3. The highest BCUT2D eigenvalue weighted by molar-refractivity contribution is 7.13. The molecule has 3 amide bonds. The number of rotatable bonds is 25. The second kappa shape index (κ2) is 28.7. The maximum absolute atomic E-state index is 17.1. The number of nitrogens with zero attached hydrogens (tertiary/aromatic N) is 8. The Morgan fingerprint density at radius 2 is 1.63 bits per heavy atom. The van der Waals surface area contributed by atoms with Crippen molar-refractivity contribution in [3.63, 3.8) is 0 Å². The second-order valence-corrected chi connectivity index (χ2v) is 23.9. The van der Waals surface area contributed by atoms with Crippen molar-refractivity contribution in [3.8, 4) is 39.2 Å². The van der Waals surface area contributed by atoms with Gasteiger partial charge in [0.15, 0.2) is 11.6 Å². The summed E-state index contributed by atoms with van der Waals surface area (Å²) in [5, 5.41) is 30.5. The molecule has 3 N–H and O–H groups in total. The molecule has 3 fully saturated rings. The molecule has 0 radical (unpaired) electrons. The summed E-state index contributed by atoms with van der Waals surface area (Å²) < 4.78 is 52.7. The van der Waals surface area contributed by atoms with Gasteiger partial charge in [-0.1, -0.05) is 80.6 Å². The molecule has 0 bridgehead atoms. The lowest BCUT2D eigenvalue weighted by molar-refractivity contribution is -0.141. The molecule has 4 aromatic carbocycles. The van der Waals surface area contributed by atoms with Crippen molar-refractivity contribution >= 4 is 68.2 Å². The number of nitrogens with one attached hydrogen (secondary N) is 1. The number of aromatic hydroxyl groups is 1. The third-order valence-electron chi connectivity index (χ3n) is 16.2. The van der Waals surface area contributed by atoms with Gasteiger partial charge in [0, 0.05) is 75.8 Å². The number of halogens is 2. The number of piperazine rings is 1. The molecule has 3 aliphatic heterocycles. The smallest absolute Gasteiger partial charge is 0.319 e. The Balaban J connectivity index is 0.636. The summed E-state index contributed by atoms with van der Waals surface area (Å²) in [7, 11) is 0. The summed E-state index contributed by atoms with van der Waals surface area (Å²) in [5.41, 5.74) is 5.31. The Labute approximate surface area is 514 Å². The normalized spacial score (nSPS) is 17.9. The van der Waals surface area contributed by atoms with Crippen LogP contribution in [0.5, 0.6) is 17.6 Å². The van der Waals surface area contributed by atoms with Gasteiger partial charge in [0.1, 0.15) is 41.8 Å². The van der Waals surface area contributed by atoms with Crippen LogP contribution in [0.2, 0.25) is 5.02 Å². The van der Waals surface area contributed by atoms with Crippen LogP contribution in [0.25, 0.3) is 43.2 Å². The van der Waals surface area contributed by atoms with Crippen LogP contribution in [-0.4, -0.2) is 179 Å². The van der Waals surface area contributed by atoms with Gasteiger partial charge in [-0.2, -0.15) is 9.97 Å². The number of phenols is 1. The van der Waals surface area contributed by atoms with E-state index in [1.54, 1.807) is 34.4 Å². The molecular weight excluding hydrogens is 1160 g/mol. The molecule has 0 spiro atoms. The molecule has 0 saturated carbocycles. The SMILES string of the molecule is C=CC(=O)N1CCN(c2nc(O[C@H](C)CN3CCC(OCCOCCOCCOc4cc(C(C(=O)N5C[C@H](O)C[C@H]5C(=O)N[C@@H](C)c5ccc(-c6scnc6C)cc5)C(C)C)on4)CC3)nc3c(F)c(-c4cc(O)cc5ccccc45)c(Cl)cc23)CC1. The van der Waals surface area contributed by atoms with Crippen LogP contribution < -0.4 is 19.7 Å². The number of aliphatic hydroxyl groups excluding tert-OH is 1. The van der Waals surface area contributed by atoms with Crippen LogP contribution in [0.1, 0.15) is 75.9 Å². The van der Waals surface area contributed by atoms with Crippen LogP contribution in [0.4, 0.5) is 10.2 Å². The Morgan fingerprint density at radius 1 is 0.908 bits per heavy atom. The first-order valence-corrected chi connectivity index (χ1v) is 30.9. The second-order valence-electron chi connectivity index (χ2n) is 22.7. The first-order valence-electron chi connectivity index (χ1n) is 29.7.